The number of hydrogen-bond acceptors (Lipinski definition) is 5. The van der Waals surface area contributed by atoms with E-state index in [1.54, 1.807) is 36.5 Å². The smallest absolute Gasteiger partial charge is 0.356 e. The predicted octanol–water partition coefficient (Wildman–Crippen LogP) is 1.33. The summed E-state index contributed by atoms with van der Waals surface area (Å²) in [6.07, 6.45) is 3.19. The molecule has 18 heavy (non-hydrogen) atoms. The van der Waals surface area contributed by atoms with Crippen LogP contribution in [0.25, 0.3) is 0 Å². The van der Waals surface area contributed by atoms with E-state index < -0.39 is 12.0 Å². The lowest BCUT2D eigenvalue weighted by molar-refractivity contribution is 0.0472. The first-order valence-electron chi connectivity index (χ1n) is 5.52. The molecule has 0 aliphatic carbocycles. The first-order chi connectivity index (χ1) is 8.77. The monoisotopic (exact) mass is 243 g/mol. The fourth-order valence-electron chi connectivity index (χ4n) is 1.40. The molecule has 5 heteroatoms. The molecule has 2 rings (SSSR count). The molecule has 1 unspecified atom stereocenters. The Balaban J connectivity index is 1.91. The van der Waals surface area contributed by atoms with E-state index in [0.717, 1.165) is 0 Å². The van der Waals surface area contributed by atoms with Gasteiger partial charge >= 0.3 is 5.97 Å². The molecule has 2 heterocycles. The molecule has 0 saturated heterocycles. The van der Waals surface area contributed by atoms with E-state index in [-0.39, 0.29) is 12.3 Å². The number of pyridine rings is 2. The number of esters is 1. The lowest BCUT2D eigenvalue weighted by atomic mass is 10.2. The fraction of sp³-hybridized carbons (Fsp3) is 0.154. The molecular formula is C13H13N3O2. The number of nitrogens with two attached hydrogens (primary N) is 1. The second-order valence-electron chi connectivity index (χ2n) is 3.67. The van der Waals surface area contributed by atoms with Crippen LogP contribution in [-0.2, 0) is 4.74 Å². The van der Waals surface area contributed by atoms with E-state index in [1.807, 2.05) is 6.07 Å². The van der Waals surface area contributed by atoms with Crippen molar-refractivity contribution in [2.75, 3.05) is 6.61 Å². The molecule has 0 amide bonds. The van der Waals surface area contributed by atoms with Crippen LogP contribution < -0.4 is 5.73 Å². The molecular weight excluding hydrogens is 230 g/mol. The first-order valence-corrected chi connectivity index (χ1v) is 5.52. The van der Waals surface area contributed by atoms with Crippen LogP contribution in [0.4, 0.5) is 0 Å². The summed E-state index contributed by atoms with van der Waals surface area (Å²) in [7, 11) is 0. The van der Waals surface area contributed by atoms with Gasteiger partial charge in [-0.15, -0.1) is 0 Å². The van der Waals surface area contributed by atoms with Crippen molar-refractivity contribution in [3.05, 3.63) is 60.2 Å². The van der Waals surface area contributed by atoms with Gasteiger partial charge in [0.1, 0.15) is 12.3 Å². The highest BCUT2D eigenvalue weighted by molar-refractivity contribution is 5.87. The summed E-state index contributed by atoms with van der Waals surface area (Å²) in [5.74, 6) is -0.484. The summed E-state index contributed by atoms with van der Waals surface area (Å²) in [5, 5.41) is 0. The molecule has 0 aliphatic heterocycles. The summed E-state index contributed by atoms with van der Waals surface area (Å²) in [6.45, 7) is 0.0758. The summed E-state index contributed by atoms with van der Waals surface area (Å²) in [5.41, 5.74) is 6.82. The minimum Gasteiger partial charge on any atom is -0.459 e. The number of aromatic nitrogens is 2. The highest BCUT2D eigenvalue weighted by Crippen LogP contribution is 2.07. The van der Waals surface area contributed by atoms with Crippen LogP contribution in [0.1, 0.15) is 22.2 Å². The van der Waals surface area contributed by atoms with E-state index in [0.29, 0.717) is 5.69 Å². The van der Waals surface area contributed by atoms with Crippen LogP contribution in [0, 0.1) is 0 Å². The molecule has 92 valence electrons. The minimum absolute atomic E-state index is 0.0758. The van der Waals surface area contributed by atoms with Crippen LogP contribution in [0.3, 0.4) is 0 Å². The Kier molecular flexibility index (Phi) is 3.98. The number of carbonyl (C=O) groups excluding carboxylic acids is 1. The van der Waals surface area contributed by atoms with E-state index >= 15 is 0 Å². The zero-order chi connectivity index (χ0) is 12.8. The van der Waals surface area contributed by atoms with Crippen molar-refractivity contribution < 1.29 is 9.53 Å². The van der Waals surface area contributed by atoms with Crippen molar-refractivity contribution in [1.82, 2.24) is 9.97 Å². The maximum absolute atomic E-state index is 11.6. The Bertz CT molecular complexity index is 502. The Morgan fingerprint density at radius 2 is 1.89 bits per heavy atom. The molecule has 0 aromatic carbocycles. The Hall–Kier alpha value is -2.27. The molecule has 0 radical (unpaired) electrons. The third-order valence-corrected chi connectivity index (χ3v) is 2.34. The average Bonchev–Trinajstić information content (AvgIpc) is 2.46. The van der Waals surface area contributed by atoms with Gasteiger partial charge in [-0.1, -0.05) is 12.1 Å². The standard InChI is InChI=1S/C13H13N3O2/c14-10(11-5-1-3-7-15-11)9-18-13(17)12-6-2-4-8-16-12/h1-8,10H,9,14H2. The van der Waals surface area contributed by atoms with Crippen LogP contribution in [-0.4, -0.2) is 22.5 Å². The van der Waals surface area contributed by atoms with Crippen LogP contribution >= 0.6 is 0 Å². The summed E-state index contributed by atoms with van der Waals surface area (Å²) in [6, 6.07) is 10.0. The van der Waals surface area contributed by atoms with Gasteiger partial charge in [0.2, 0.25) is 0 Å². The molecule has 2 aromatic rings. The summed E-state index contributed by atoms with van der Waals surface area (Å²) < 4.78 is 5.08. The normalized spacial score (nSPS) is 11.8. The highest BCUT2D eigenvalue weighted by Gasteiger charge is 2.12. The third-order valence-electron chi connectivity index (χ3n) is 2.34. The molecule has 0 fully saturated rings. The number of hydrogen-bond donors (Lipinski definition) is 1. The highest BCUT2D eigenvalue weighted by atomic mass is 16.5. The van der Waals surface area contributed by atoms with E-state index in [4.69, 9.17) is 10.5 Å². The molecule has 0 aliphatic rings. The van der Waals surface area contributed by atoms with Gasteiger partial charge in [-0.05, 0) is 24.3 Å². The van der Waals surface area contributed by atoms with E-state index in [9.17, 15) is 4.79 Å². The Labute approximate surface area is 105 Å². The second kappa shape index (κ2) is 5.88. The third kappa shape index (κ3) is 3.11. The molecule has 2 N–H and O–H groups in total. The molecule has 0 bridgehead atoms. The number of ether oxygens (including phenoxy) is 1. The van der Waals surface area contributed by atoms with Gasteiger partial charge in [0.15, 0.2) is 0 Å². The minimum atomic E-state index is -0.484. The van der Waals surface area contributed by atoms with Crippen molar-refractivity contribution in [3.63, 3.8) is 0 Å². The lowest BCUT2D eigenvalue weighted by Crippen LogP contribution is -2.21. The quantitative estimate of drug-likeness (QED) is 0.820. The maximum Gasteiger partial charge on any atom is 0.356 e. The first kappa shape index (κ1) is 12.2. The van der Waals surface area contributed by atoms with Crippen molar-refractivity contribution in [2.45, 2.75) is 6.04 Å². The zero-order valence-electron chi connectivity index (χ0n) is 9.69. The van der Waals surface area contributed by atoms with E-state index in [2.05, 4.69) is 9.97 Å². The average molecular weight is 243 g/mol. The lowest BCUT2D eigenvalue weighted by Gasteiger charge is -2.11. The van der Waals surface area contributed by atoms with Gasteiger partial charge in [0.25, 0.3) is 0 Å². The summed E-state index contributed by atoms with van der Waals surface area (Å²) >= 11 is 0. The summed E-state index contributed by atoms with van der Waals surface area (Å²) in [4.78, 5) is 19.6. The number of nitrogens with zero attached hydrogens (tertiary/aromatic N) is 2. The second-order valence-corrected chi connectivity index (χ2v) is 3.67. The molecule has 5 nitrogen and oxygen atoms in total. The van der Waals surface area contributed by atoms with Gasteiger partial charge in [-0.25, -0.2) is 9.78 Å². The number of rotatable bonds is 4. The van der Waals surface area contributed by atoms with Crippen molar-refractivity contribution in [1.29, 1.82) is 0 Å². The topological polar surface area (TPSA) is 78.1 Å². The SMILES string of the molecule is NC(COC(=O)c1ccccn1)c1ccccn1. The van der Waals surface area contributed by atoms with Crippen molar-refractivity contribution in [3.8, 4) is 0 Å². The van der Waals surface area contributed by atoms with Gasteiger partial charge < -0.3 is 10.5 Å². The van der Waals surface area contributed by atoms with Gasteiger partial charge in [-0.3, -0.25) is 4.98 Å². The molecule has 1 atom stereocenters. The predicted molar refractivity (Wildman–Crippen MR) is 65.7 cm³/mol. The van der Waals surface area contributed by atoms with Gasteiger partial charge in [0, 0.05) is 12.4 Å². The largest absolute Gasteiger partial charge is 0.459 e. The van der Waals surface area contributed by atoms with Crippen LogP contribution in [0.2, 0.25) is 0 Å². The maximum atomic E-state index is 11.6. The van der Waals surface area contributed by atoms with Crippen molar-refractivity contribution >= 4 is 5.97 Å². The van der Waals surface area contributed by atoms with E-state index in [1.165, 1.54) is 6.20 Å². The Morgan fingerprint density at radius 3 is 2.50 bits per heavy atom. The number of carbonyl (C=O) groups is 1. The Morgan fingerprint density at radius 1 is 1.17 bits per heavy atom. The molecule has 2 aromatic heterocycles. The molecule has 0 spiro atoms. The van der Waals surface area contributed by atoms with Crippen LogP contribution in [0.5, 0.6) is 0 Å². The van der Waals surface area contributed by atoms with Gasteiger partial charge in [-0.2, -0.15) is 0 Å². The van der Waals surface area contributed by atoms with Gasteiger partial charge in [0.05, 0.1) is 11.7 Å². The molecule has 0 saturated carbocycles. The van der Waals surface area contributed by atoms with Crippen LogP contribution in [0.15, 0.2) is 48.8 Å². The zero-order valence-corrected chi connectivity index (χ0v) is 9.69. The fourth-order valence-corrected chi connectivity index (χ4v) is 1.40. The van der Waals surface area contributed by atoms with Crippen molar-refractivity contribution in [2.24, 2.45) is 5.73 Å².